The van der Waals surface area contributed by atoms with Crippen molar-refractivity contribution in [3.8, 4) is 11.5 Å². The van der Waals surface area contributed by atoms with E-state index in [1.54, 1.807) is 24.3 Å². The number of benzene rings is 2. The molecule has 0 bridgehead atoms. The highest BCUT2D eigenvalue weighted by molar-refractivity contribution is 5.93. The summed E-state index contributed by atoms with van der Waals surface area (Å²) in [5.74, 6) is 1.67. The van der Waals surface area contributed by atoms with Gasteiger partial charge in [-0.3, -0.25) is 9.59 Å². The lowest BCUT2D eigenvalue weighted by Gasteiger charge is -2.23. The van der Waals surface area contributed by atoms with Crippen LogP contribution in [0.25, 0.3) is 10.8 Å². The first-order valence-corrected chi connectivity index (χ1v) is 10.6. The van der Waals surface area contributed by atoms with Crippen molar-refractivity contribution >= 4 is 28.2 Å². The van der Waals surface area contributed by atoms with Crippen LogP contribution in [0.15, 0.2) is 47.3 Å². The second kappa shape index (κ2) is 8.29. The summed E-state index contributed by atoms with van der Waals surface area (Å²) < 4.78 is 11.9. The number of carbonyl (C=O) groups excluding carboxylic acids is 1. The number of rotatable bonds is 4. The van der Waals surface area contributed by atoms with E-state index in [9.17, 15) is 9.59 Å². The number of amides is 1. The van der Waals surface area contributed by atoms with Crippen molar-refractivity contribution < 1.29 is 14.3 Å². The van der Waals surface area contributed by atoms with E-state index in [4.69, 9.17) is 9.47 Å². The molecule has 1 aromatic heterocycles. The Morgan fingerprint density at radius 2 is 1.71 bits per heavy atom. The van der Waals surface area contributed by atoms with Crippen LogP contribution < -0.4 is 25.2 Å². The highest BCUT2D eigenvalue weighted by Gasteiger charge is 2.19. The number of fused-ring (bicyclic) bond motifs is 2. The molecule has 1 amide bonds. The van der Waals surface area contributed by atoms with Gasteiger partial charge in [0.2, 0.25) is 12.7 Å². The molecule has 8 heteroatoms. The van der Waals surface area contributed by atoms with Gasteiger partial charge in [0.15, 0.2) is 17.3 Å². The number of nitrogens with zero attached hydrogens (tertiary/aromatic N) is 3. The maximum absolute atomic E-state index is 13.0. The third-order valence-electron chi connectivity index (χ3n) is 5.70. The lowest BCUT2D eigenvalue weighted by Crippen LogP contribution is -2.33. The summed E-state index contributed by atoms with van der Waals surface area (Å²) in [4.78, 5) is 28.0. The highest BCUT2D eigenvalue weighted by atomic mass is 16.7. The van der Waals surface area contributed by atoms with E-state index >= 15 is 0 Å². The minimum absolute atomic E-state index is 0.168. The Labute approximate surface area is 179 Å². The summed E-state index contributed by atoms with van der Waals surface area (Å²) in [7, 11) is 0. The maximum atomic E-state index is 13.0. The fourth-order valence-corrected chi connectivity index (χ4v) is 4.15. The highest BCUT2D eigenvalue weighted by Crippen LogP contribution is 2.34. The average Bonchev–Trinajstić information content (AvgIpc) is 3.08. The van der Waals surface area contributed by atoms with Crippen molar-refractivity contribution in [3.05, 3.63) is 52.8 Å². The van der Waals surface area contributed by atoms with Crippen molar-refractivity contribution in [3.63, 3.8) is 0 Å². The molecule has 5 rings (SSSR count). The quantitative estimate of drug-likeness (QED) is 0.698. The fraction of sp³-hybridized carbons (Fsp3) is 0.348. The van der Waals surface area contributed by atoms with E-state index in [0.29, 0.717) is 22.6 Å². The lowest BCUT2D eigenvalue weighted by atomic mass is 10.1. The Balaban J connectivity index is 1.44. The Morgan fingerprint density at radius 3 is 2.52 bits per heavy atom. The molecule has 31 heavy (non-hydrogen) atoms. The standard InChI is InChI=1S/C23H24N4O4/c28-21(24-16-9-10-19-20(13-16)31-15-30-19)14-27-23(29)18-8-4-3-7-17(18)22(25-27)26-11-5-1-2-6-12-26/h3-4,7-10,13H,1-2,5-6,11-12,14-15H2,(H,24,28). The molecular weight excluding hydrogens is 396 g/mol. The third kappa shape index (κ3) is 3.93. The minimum atomic E-state index is -0.328. The molecule has 0 aliphatic carbocycles. The van der Waals surface area contributed by atoms with Crippen LogP contribution in [0, 0.1) is 0 Å². The van der Waals surface area contributed by atoms with Crippen molar-refractivity contribution in [2.45, 2.75) is 32.2 Å². The van der Waals surface area contributed by atoms with Crippen LogP contribution in [-0.2, 0) is 11.3 Å². The predicted molar refractivity (Wildman–Crippen MR) is 118 cm³/mol. The molecule has 1 N–H and O–H groups in total. The zero-order valence-electron chi connectivity index (χ0n) is 17.2. The van der Waals surface area contributed by atoms with Gasteiger partial charge >= 0.3 is 0 Å². The topological polar surface area (TPSA) is 85.7 Å². The predicted octanol–water partition coefficient (Wildman–Crippen LogP) is 3.14. The van der Waals surface area contributed by atoms with Crippen LogP contribution in [0.4, 0.5) is 11.5 Å². The lowest BCUT2D eigenvalue weighted by molar-refractivity contribution is -0.117. The number of hydrogen-bond acceptors (Lipinski definition) is 6. The molecule has 8 nitrogen and oxygen atoms in total. The summed E-state index contributed by atoms with van der Waals surface area (Å²) in [5, 5.41) is 8.86. The first-order chi connectivity index (χ1) is 15.2. The van der Waals surface area contributed by atoms with Crippen molar-refractivity contribution in [1.82, 2.24) is 9.78 Å². The molecule has 2 aliphatic rings. The van der Waals surface area contributed by atoms with Crippen LogP contribution in [0.3, 0.4) is 0 Å². The number of anilines is 2. The van der Waals surface area contributed by atoms with Gasteiger partial charge in [0.25, 0.3) is 5.56 Å². The maximum Gasteiger partial charge on any atom is 0.275 e. The number of carbonyl (C=O) groups is 1. The molecule has 0 saturated carbocycles. The molecule has 0 spiro atoms. The largest absolute Gasteiger partial charge is 0.454 e. The number of nitrogens with one attached hydrogen (secondary N) is 1. The molecule has 2 aromatic carbocycles. The van der Waals surface area contributed by atoms with Crippen LogP contribution in [0.5, 0.6) is 11.5 Å². The first kappa shape index (κ1) is 19.4. The Bertz CT molecular complexity index is 1180. The summed E-state index contributed by atoms with van der Waals surface area (Å²) in [6, 6.07) is 12.7. The molecule has 1 fully saturated rings. The van der Waals surface area contributed by atoms with Crippen molar-refractivity contribution in [2.24, 2.45) is 0 Å². The van der Waals surface area contributed by atoms with E-state index in [-0.39, 0.29) is 24.8 Å². The van der Waals surface area contributed by atoms with Crippen LogP contribution in [-0.4, -0.2) is 35.6 Å². The summed E-state index contributed by atoms with van der Waals surface area (Å²) >= 11 is 0. The fourth-order valence-electron chi connectivity index (χ4n) is 4.15. The van der Waals surface area contributed by atoms with Crippen molar-refractivity contribution in [2.75, 3.05) is 30.1 Å². The molecular formula is C23H24N4O4. The number of ether oxygens (including phenoxy) is 2. The Morgan fingerprint density at radius 1 is 0.968 bits per heavy atom. The van der Waals surface area contributed by atoms with E-state index in [0.717, 1.165) is 37.1 Å². The van der Waals surface area contributed by atoms with Gasteiger partial charge in [0, 0.05) is 30.2 Å². The van der Waals surface area contributed by atoms with Crippen molar-refractivity contribution in [1.29, 1.82) is 0 Å². The van der Waals surface area contributed by atoms with Gasteiger partial charge in [-0.05, 0) is 31.0 Å². The van der Waals surface area contributed by atoms with E-state index in [2.05, 4.69) is 15.3 Å². The van der Waals surface area contributed by atoms with E-state index < -0.39 is 0 Å². The van der Waals surface area contributed by atoms with E-state index in [1.165, 1.54) is 17.5 Å². The average molecular weight is 420 g/mol. The molecule has 2 aliphatic heterocycles. The van der Waals surface area contributed by atoms with Crippen LogP contribution in [0.2, 0.25) is 0 Å². The Hall–Kier alpha value is -3.55. The smallest absolute Gasteiger partial charge is 0.275 e. The molecule has 0 atom stereocenters. The molecule has 1 saturated heterocycles. The molecule has 3 heterocycles. The second-order valence-corrected chi connectivity index (χ2v) is 7.85. The third-order valence-corrected chi connectivity index (χ3v) is 5.70. The monoisotopic (exact) mass is 420 g/mol. The van der Waals surface area contributed by atoms with E-state index in [1.807, 2.05) is 18.2 Å². The van der Waals surface area contributed by atoms with Gasteiger partial charge in [-0.25, -0.2) is 4.68 Å². The molecule has 0 unspecified atom stereocenters. The summed E-state index contributed by atoms with van der Waals surface area (Å²) in [6.45, 7) is 1.80. The van der Waals surface area contributed by atoms with Gasteiger partial charge in [0.05, 0.1) is 5.39 Å². The first-order valence-electron chi connectivity index (χ1n) is 10.6. The zero-order valence-corrected chi connectivity index (χ0v) is 17.2. The molecule has 3 aromatic rings. The molecule has 0 radical (unpaired) electrons. The van der Waals surface area contributed by atoms with Gasteiger partial charge in [0.1, 0.15) is 6.54 Å². The molecule has 160 valence electrons. The van der Waals surface area contributed by atoms with Crippen LogP contribution >= 0.6 is 0 Å². The normalized spacial score (nSPS) is 15.7. The SMILES string of the molecule is O=C(Cn1nc(N2CCCCCC2)c2ccccc2c1=O)Nc1ccc2c(c1)OCO2. The van der Waals surface area contributed by atoms with Gasteiger partial charge in [-0.1, -0.05) is 31.0 Å². The van der Waals surface area contributed by atoms with Gasteiger partial charge in [-0.15, -0.1) is 0 Å². The van der Waals surface area contributed by atoms with Gasteiger partial charge in [-0.2, -0.15) is 5.10 Å². The minimum Gasteiger partial charge on any atom is -0.454 e. The summed E-state index contributed by atoms with van der Waals surface area (Å²) in [5.41, 5.74) is 0.311. The Kier molecular flexibility index (Phi) is 5.19. The number of aromatic nitrogens is 2. The number of hydrogen-bond donors (Lipinski definition) is 1. The summed E-state index contributed by atoms with van der Waals surface area (Å²) in [6.07, 6.45) is 4.59. The van der Waals surface area contributed by atoms with Crippen LogP contribution in [0.1, 0.15) is 25.7 Å². The zero-order chi connectivity index (χ0) is 21.2. The second-order valence-electron chi connectivity index (χ2n) is 7.85. The van der Waals surface area contributed by atoms with Gasteiger partial charge < -0.3 is 19.7 Å².